The van der Waals surface area contributed by atoms with E-state index in [9.17, 15) is 9.59 Å². The maximum absolute atomic E-state index is 12.0. The molecule has 0 aromatic carbocycles. The van der Waals surface area contributed by atoms with Gasteiger partial charge in [0.05, 0.1) is 0 Å². The Labute approximate surface area is 127 Å². The van der Waals surface area contributed by atoms with Crippen LogP contribution in [0.1, 0.15) is 35.6 Å². The summed E-state index contributed by atoms with van der Waals surface area (Å²) in [6, 6.07) is 2.74. The van der Waals surface area contributed by atoms with Crippen molar-refractivity contribution in [3.8, 4) is 0 Å². The Hall–Kier alpha value is -2.64. The monoisotopic (exact) mass is 305 g/mol. The topological polar surface area (TPSA) is 102 Å². The second kappa shape index (κ2) is 6.88. The van der Waals surface area contributed by atoms with E-state index in [1.54, 1.807) is 13.1 Å². The lowest BCUT2D eigenvalue weighted by Crippen LogP contribution is -2.32. The molecule has 1 unspecified atom stereocenters. The molecule has 8 nitrogen and oxygen atoms in total. The van der Waals surface area contributed by atoms with E-state index < -0.39 is 12.0 Å². The van der Waals surface area contributed by atoms with Gasteiger partial charge in [0.15, 0.2) is 5.69 Å². The molecule has 0 aliphatic carbocycles. The van der Waals surface area contributed by atoms with Crippen LogP contribution in [0.25, 0.3) is 0 Å². The summed E-state index contributed by atoms with van der Waals surface area (Å²) in [7, 11) is 0. The molecule has 0 aliphatic heterocycles. The van der Waals surface area contributed by atoms with Crippen LogP contribution in [-0.2, 0) is 11.3 Å². The zero-order valence-corrected chi connectivity index (χ0v) is 12.6. The maximum atomic E-state index is 12.0. The number of hydrogen-bond donors (Lipinski definition) is 2. The van der Waals surface area contributed by atoms with Crippen molar-refractivity contribution in [1.29, 1.82) is 0 Å². The van der Waals surface area contributed by atoms with Gasteiger partial charge < -0.3 is 10.4 Å². The van der Waals surface area contributed by atoms with Gasteiger partial charge in [-0.3, -0.25) is 14.2 Å². The Morgan fingerprint density at radius 3 is 2.77 bits per heavy atom. The van der Waals surface area contributed by atoms with Gasteiger partial charge in [-0.2, -0.15) is 10.2 Å². The van der Waals surface area contributed by atoms with E-state index in [4.69, 9.17) is 5.11 Å². The molecule has 0 saturated carbocycles. The smallest absolute Gasteiger partial charge is 0.356 e. The predicted molar refractivity (Wildman–Crippen MR) is 78.5 cm³/mol. The third kappa shape index (κ3) is 3.72. The van der Waals surface area contributed by atoms with E-state index in [1.807, 2.05) is 17.7 Å². The Bertz CT molecular complexity index is 661. The van der Waals surface area contributed by atoms with Crippen molar-refractivity contribution in [2.75, 3.05) is 6.54 Å². The molecule has 0 spiro atoms. The van der Waals surface area contributed by atoms with E-state index in [1.165, 1.54) is 16.9 Å². The molecule has 1 amide bonds. The average molecular weight is 305 g/mol. The first-order chi connectivity index (χ1) is 10.5. The maximum Gasteiger partial charge on any atom is 0.356 e. The molecule has 0 aliphatic rings. The molecule has 118 valence electrons. The van der Waals surface area contributed by atoms with Gasteiger partial charge in [0.25, 0.3) is 0 Å². The zero-order chi connectivity index (χ0) is 16.1. The zero-order valence-electron chi connectivity index (χ0n) is 12.6. The first-order valence-corrected chi connectivity index (χ1v) is 7.03. The van der Waals surface area contributed by atoms with Gasteiger partial charge in [-0.15, -0.1) is 0 Å². The molecule has 2 aromatic heterocycles. The number of aromatic nitrogens is 4. The number of hydrogen-bond acceptors (Lipinski definition) is 4. The first-order valence-electron chi connectivity index (χ1n) is 7.03. The summed E-state index contributed by atoms with van der Waals surface area (Å²) in [5.74, 6) is -1.31. The van der Waals surface area contributed by atoms with Crippen molar-refractivity contribution in [2.24, 2.45) is 0 Å². The standard InChI is InChI=1S/C14H19N5O3/c1-10-4-7-16-18(10)8-3-6-15-13(20)11(2)19-9-5-12(17-19)14(21)22/h4-5,7,9,11H,3,6,8H2,1-2H3,(H,15,20)(H,21,22). The highest BCUT2D eigenvalue weighted by Gasteiger charge is 2.17. The minimum absolute atomic E-state index is 0.0752. The van der Waals surface area contributed by atoms with Crippen LogP contribution in [0.2, 0.25) is 0 Å². The number of aromatic carboxylic acids is 1. The molecule has 2 heterocycles. The van der Waals surface area contributed by atoms with Crippen molar-refractivity contribution in [3.63, 3.8) is 0 Å². The van der Waals surface area contributed by atoms with Crippen LogP contribution in [0.5, 0.6) is 0 Å². The highest BCUT2D eigenvalue weighted by atomic mass is 16.4. The highest BCUT2D eigenvalue weighted by Crippen LogP contribution is 2.06. The number of rotatable bonds is 7. The number of nitrogens with zero attached hydrogens (tertiary/aromatic N) is 4. The van der Waals surface area contributed by atoms with Crippen LogP contribution in [0.15, 0.2) is 24.5 Å². The number of carbonyl (C=O) groups is 2. The van der Waals surface area contributed by atoms with Crippen LogP contribution in [0.3, 0.4) is 0 Å². The summed E-state index contributed by atoms with van der Waals surface area (Å²) in [6.07, 6.45) is 4.00. The molecule has 8 heteroatoms. The molecular weight excluding hydrogens is 286 g/mol. The Morgan fingerprint density at radius 1 is 1.41 bits per heavy atom. The Balaban J connectivity index is 1.78. The van der Waals surface area contributed by atoms with Crippen LogP contribution < -0.4 is 5.32 Å². The van der Waals surface area contributed by atoms with E-state index >= 15 is 0 Å². The lowest BCUT2D eigenvalue weighted by Gasteiger charge is -2.12. The molecular formula is C14H19N5O3. The third-order valence-corrected chi connectivity index (χ3v) is 3.38. The average Bonchev–Trinajstić information content (AvgIpc) is 3.12. The summed E-state index contributed by atoms with van der Waals surface area (Å²) in [4.78, 5) is 22.8. The fraction of sp³-hybridized carbons (Fsp3) is 0.429. The number of carboxylic acids is 1. The van der Waals surface area contributed by atoms with E-state index in [-0.39, 0.29) is 11.6 Å². The molecule has 0 saturated heterocycles. The van der Waals surface area contributed by atoms with E-state index in [0.717, 1.165) is 18.7 Å². The first kappa shape index (κ1) is 15.7. The molecule has 2 aromatic rings. The number of aryl methyl sites for hydroxylation is 2. The Kier molecular flexibility index (Phi) is 4.92. The molecule has 2 N–H and O–H groups in total. The van der Waals surface area contributed by atoms with E-state index in [2.05, 4.69) is 15.5 Å². The second-order valence-corrected chi connectivity index (χ2v) is 5.00. The van der Waals surface area contributed by atoms with Gasteiger partial charge in [-0.1, -0.05) is 0 Å². The van der Waals surface area contributed by atoms with Crippen LogP contribution in [0, 0.1) is 6.92 Å². The summed E-state index contributed by atoms with van der Waals surface area (Å²) >= 11 is 0. The van der Waals surface area contributed by atoms with Crippen molar-refractivity contribution in [1.82, 2.24) is 24.9 Å². The highest BCUT2D eigenvalue weighted by molar-refractivity contribution is 5.85. The SMILES string of the molecule is Cc1ccnn1CCCNC(=O)C(C)n1ccc(C(=O)O)n1. The fourth-order valence-electron chi connectivity index (χ4n) is 2.01. The predicted octanol–water partition coefficient (Wildman–Crippen LogP) is 0.854. The van der Waals surface area contributed by atoms with Gasteiger partial charge in [0.1, 0.15) is 6.04 Å². The minimum atomic E-state index is -1.11. The molecule has 1 atom stereocenters. The molecule has 0 radical (unpaired) electrons. The van der Waals surface area contributed by atoms with Crippen molar-refractivity contribution in [2.45, 2.75) is 32.9 Å². The van der Waals surface area contributed by atoms with Crippen LogP contribution in [0.4, 0.5) is 0 Å². The summed E-state index contributed by atoms with van der Waals surface area (Å²) < 4.78 is 3.22. The third-order valence-electron chi connectivity index (χ3n) is 3.38. The summed E-state index contributed by atoms with van der Waals surface area (Å²) in [6.45, 7) is 4.91. The van der Waals surface area contributed by atoms with E-state index in [0.29, 0.717) is 6.54 Å². The number of nitrogens with one attached hydrogen (secondary N) is 1. The largest absolute Gasteiger partial charge is 0.476 e. The van der Waals surface area contributed by atoms with Gasteiger partial charge in [0, 0.05) is 31.2 Å². The van der Waals surface area contributed by atoms with Crippen molar-refractivity contribution >= 4 is 11.9 Å². The van der Waals surface area contributed by atoms with Gasteiger partial charge in [-0.25, -0.2) is 4.79 Å². The van der Waals surface area contributed by atoms with Gasteiger partial charge in [0.2, 0.25) is 5.91 Å². The molecule has 2 rings (SSSR count). The van der Waals surface area contributed by atoms with Crippen molar-refractivity contribution in [3.05, 3.63) is 35.9 Å². The number of carboxylic acid groups (broad SMARTS) is 1. The minimum Gasteiger partial charge on any atom is -0.476 e. The summed E-state index contributed by atoms with van der Waals surface area (Å²) in [5.41, 5.74) is 1.01. The van der Waals surface area contributed by atoms with Gasteiger partial charge >= 0.3 is 5.97 Å². The molecule has 0 fully saturated rings. The molecule has 22 heavy (non-hydrogen) atoms. The lowest BCUT2D eigenvalue weighted by atomic mass is 10.3. The Morgan fingerprint density at radius 2 is 2.18 bits per heavy atom. The van der Waals surface area contributed by atoms with Gasteiger partial charge in [-0.05, 0) is 32.4 Å². The normalized spacial score (nSPS) is 12.1. The lowest BCUT2D eigenvalue weighted by molar-refractivity contribution is -0.124. The second-order valence-electron chi connectivity index (χ2n) is 5.00. The fourth-order valence-corrected chi connectivity index (χ4v) is 2.01. The quantitative estimate of drug-likeness (QED) is 0.738. The number of carbonyl (C=O) groups excluding carboxylic acids is 1. The van der Waals surface area contributed by atoms with Crippen LogP contribution >= 0.6 is 0 Å². The summed E-state index contributed by atoms with van der Waals surface area (Å²) in [5, 5.41) is 19.7. The van der Waals surface area contributed by atoms with Crippen LogP contribution in [-0.4, -0.2) is 43.1 Å². The molecule has 0 bridgehead atoms. The van der Waals surface area contributed by atoms with Crippen molar-refractivity contribution < 1.29 is 14.7 Å². The number of amides is 1.